The third-order valence-corrected chi connectivity index (χ3v) is 14.3. The van der Waals surface area contributed by atoms with Crippen LogP contribution in [-0.4, -0.2) is 23.3 Å². The average Bonchev–Trinajstić information content (AvgIpc) is 2.54. The maximum absolute atomic E-state index is 5.32. The van der Waals surface area contributed by atoms with Crippen LogP contribution in [0.2, 0.25) is 37.3 Å². The van der Waals surface area contributed by atoms with Crippen LogP contribution in [0.4, 0.5) is 0 Å². The summed E-state index contributed by atoms with van der Waals surface area (Å²) in [4.78, 5) is 0. The SMILES string of the molecule is COc1ccc([Si](C)(C)[C@@H]2C=C[C@@H]2[Si](C)(C)c2ccccc2)cc1. The van der Waals surface area contributed by atoms with Crippen molar-refractivity contribution in [2.24, 2.45) is 0 Å². The maximum atomic E-state index is 5.32. The first-order valence-electron chi connectivity index (χ1n) is 8.76. The quantitative estimate of drug-likeness (QED) is 0.567. The lowest BCUT2D eigenvalue weighted by molar-refractivity contribution is 0.415. The predicted molar refractivity (Wildman–Crippen MR) is 110 cm³/mol. The van der Waals surface area contributed by atoms with Crippen molar-refractivity contribution in [3.63, 3.8) is 0 Å². The molecular weight excluding hydrogens is 324 g/mol. The van der Waals surface area contributed by atoms with Gasteiger partial charge in [0.15, 0.2) is 0 Å². The van der Waals surface area contributed by atoms with E-state index in [0.717, 1.165) is 16.8 Å². The number of benzene rings is 2. The van der Waals surface area contributed by atoms with Gasteiger partial charge in [0.1, 0.15) is 5.75 Å². The third-order valence-electron chi connectivity index (χ3n) is 5.93. The Kier molecular flexibility index (Phi) is 4.58. The van der Waals surface area contributed by atoms with Crippen molar-refractivity contribution in [2.45, 2.75) is 37.3 Å². The molecule has 0 unspecified atom stereocenters. The molecule has 3 heteroatoms. The largest absolute Gasteiger partial charge is 0.497 e. The van der Waals surface area contributed by atoms with Gasteiger partial charge >= 0.3 is 0 Å². The first-order chi connectivity index (χ1) is 11.4. The minimum absolute atomic E-state index is 0.729. The fourth-order valence-electron chi connectivity index (χ4n) is 3.99. The van der Waals surface area contributed by atoms with Gasteiger partial charge in [0.05, 0.1) is 23.3 Å². The number of methoxy groups -OCH3 is 1. The van der Waals surface area contributed by atoms with Crippen LogP contribution in [0.25, 0.3) is 0 Å². The van der Waals surface area contributed by atoms with Gasteiger partial charge in [-0.2, -0.15) is 0 Å². The Labute approximate surface area is 148 Å². The monoisotopic (exact) mass is 352 g/mol. The van der Waals surface area contributed by atoms with Gasteiger partial charge in [-0.3, -0.25) is 0 Å². The summed E-state index contributed by atoms with van der Waals surface area (Å²) in [5.41, 5.74) is 1.47. The molecule has 0 saturated heterocycles. The van der Waals surface area contributed by atoms with Gasteiger partial charge in [0.2, 0.25) is 0 Å². The topological polar surface area (TPSA) is 9.23 Å². The highest BCUT2D eigenvalue weighted by Gasteiger charge is 2.47. The standard InChI is InChI=1S/C21H28OSi2/c1-22-17-11-13-19(14-12-17)24(4,5)21-16-15-20(21)23(2,3)18-9-7-6-8-10-18/h6-16,20-21H,1-5H3/t20-,21+/m0/s1. The van der Waals surface area contributed by atoms with Crippen LogP contribution in [0.5, 0.6) is 5.75 Å². The van der Waals surface area contributed by atoms with E-state index >= 15 is 0 Å². The van der Waals surface area contributed by atoms with E-state index in [4.69, 9.17) is 4.74 Å². The van der Waals surface area contributed by atoms with Crippen molar-refractivity contribution in [1.82, 2.24) is 0 Å². The van der Waals surface area contributed by atoms with E-state index < -0.39 is 16.1 Å². The molecule has 1 aliphatic carbocycles. The molecule has 1 aliphatic rings. The second kappa shape index (κ2) is 6.37. The normalized spacial score (nSPS) is 20.5. The molecule has 126 valence electrons. The zero-order valence-electron chi connectivity index (χ0n) is 15.4. The van der Waals surface area contributed by atoms with Crippen LogP contribution in [0.3, 0.4) is 0 Å². The fourth-order valence-corrected chi connectivity index (χ4v) is 12.5. The second-order valence-electron chi connectivity index (χ2n) is 7.97. The Hall–Kier alpha value is -1.59. The van der Waals surface area contributed by atoms with Crippen molar-refractivity contribution in [2.75, 3.05) is 7.11 Å². The smallest absolute Gasteiger partial charge is 0.118 e. The molecule has 0 aliphatic heterocycles. The third kappa shape index (κ3) is 2.91. The van der Waals surface area contributed by atoms with Crippen LogP contribution in [0.15, 0.2) is 66.7 Å². The van der Waals surface area contributed by atoms with Crippen molar-refractivity contribution in [3.8, 4) is 5.75 Å². The number of hydrogen-bond donors (Lipinski definition) is 0. The number of ether oxygens (including phenoxy) is 1. The van der Waals surface area contributed by atoms with Crippen LogP contribution >= 0.6 is 0 Å². The molecule has 0 bridgehead atoms. The van der Waals surface area contributed by atoms with E-state index in [2.05, 4.69) is 92.9 Å². The Balaban J connectivity index is 1.88. The van der Waals surface area contributed by atoms with Gasteiger partial charge in [0, 0.05) is 0 Å². The lowest BCUT2D eigenvalue weighted by Crippen LogP contribution is -2.56. The van der Waals surface area contributed by atoms with Crippen LogP contribution in [0, 0.1) is 0 Å². The van der Waals surface area contributed by atoms with Crippen LogP contribution < -0.4 is 15.1 Å². The Bertz CT molecular complexity index is 717. The minimum Gasteiger partial charge on any atom is -0.497 e. The molecule has 2 atom stereocenters. The van der Waals surface area contributed by atoms with E-state index in [-0.39, 0.29) is 0 Å². The van der Waals surface area contributed by atoms with Crippen LogP contribution in [-0.2, 0) is 0 Å². The first kappa shape index (κ1) is 17.2. The molecule has 24 heavy (non-hydrogen) atoms. The maximum Gasteiger partial charge on any atom is 0.118 e. The van der Waals surface area contributed by atoms with E-state index in [1.165, 1.54) is 5.19 Å². The summed E-state index contributed by atoms with van der Waals surface area (Å²) < 4.78 is 5.32. The van der Waals surface area contributed by atoms with Crippen molar-refractivity contribution in [3.05, 3.63) is 66.7 Å². The Morgan fingerprint density at radius 3 is 1.54 bits per heavy atom. The van der Waals surface area contributed by atoms with E-state index in [1.54, 1.807) is 12.3 Å². The second-order valence-corrected chi connectivity index (χ2v) is 17.3. The zero-order valence-corrected chi connectivity index (χ0v) is 17.4. The lowest BCUT2D eigenvalue weighted by atomic mass is 10.1. The van der Waals surface area contributed by atoms with Gasteiger partial charge in [-0.1, -0.05) is 91.2 Å². The van der Waals surface area contributed by atoms with Crippen LogP contribution in [0.1, 0.15) is 0 Å². The molecule has 1 nitrogen and oxygen atoms in total. The van der Waals surface area contributed by atoms with E-state index in [0.29, 0.717) is 0 Å². The summed E-state index contributed by atoms with van der Waals surface area (Å²) in [6.07, 6.45) is 4.97. The highest BCUT2D eigenvalue weighted by Crippen LogP contribution is 2.49. The van der Waals surface area contributed by atoms with Crippen molar-refractivity contribution >= 4 is 26.5 Å². The molecule has 0 heterocycles. The minimum atomic E-state index is -1.55. The molecule has 2 aromatic rings. The molecule has 0 spiro atoms. The predicted octanol–water partition coefficient (Wildman–Crippen LogP) is 4.54. The number of rotatable bonds is 5. The van der Waals surface area contributed by atoms with Gasteiger partial charge in [-0.05, 0) is 23.2 Å². The van der Waals surface area contributed by atoms with Crippen molar-refractivity contribution in [1.29, 1.82) is 0 Å². The molecule has 0 radical (unpaired) electrons. The Morgan fingerprint density at radius 1 is 0.667 bits per heavy atom. The summed E-state index contributed by atoms with van der Waals surface area (Å²) in [6.45, 7) is 10.1. The van der Waals surface area contributed by atoms with Gasteiger partial charge in [-0.15, -0.1) is 0 Å². The highest BCUT2D eigenvalue weighted by molar-refractivity contribution is 6.97. The summed E-state index contributed by atoms with van der Waals surface area (Å²) in [6, 6.07) is 20.0. The molecule has 0 aromatic heterocycles. The average molecular weight is 353 g/mol. The summed E-state index contributed by atoms with van der Waals surface area (Å²) in [5, 5.41) is 3.10. The number of allylic oxidation sites excluding steroid dienone is 2. The molecule has 0 fully saturated rings. The van der Waals surface area contributed by atoms with E-state index in [9.17, 15) is 0 Å². The number of hydrogen-bond acceptors (Lipinski definition) is 1. The molecular formula is C21H28OSi2. The molecule has 3 rings (SSSR count). The van der Waals surface area contributed by atoms with Gasteiger partial charge in [-0.25, -0.2) is 0 Å². The highest BCUT2D eigenvalue weighted by atomic mass is 28.3. The first-order valence-corrected chi connectivity index (χ1v) is 14.9. The summed E-state index contributed by atoms with van der Waals surface area (Å²) in [7, 11) is -1.31. The molecule has 0 N–H and O–H groups in total. The molecule has 0 saturated carbocycles. The van der Waals surface area contributed by atoms with Gasteiger partial charge < -0.3 is 4.74 Å². The molecule has 2 aromatic carbocycles. The van der Waals surface area contributed by atoms with Gasteiger partial charge in [0.25, 0.3) is 0 Å². The lowest BCUT2D eigenvalue weighted by Gasteiger charge is -2.47. The Morgan fingerprint density at radius 2 is 1.12 bits per heavy atom. The van der Waals surface area contributed by atoms with Crippen molar-refractivity contribution < 1.29 is 4.74 Å². The van der Waals surface area contributed by atoms with E-state index in [1.807, 2.05) is 0 Å². The zero-order chi connectivity index (χ0) is 17.4. The fraction of sp³-hybridized carbons (Fsp3) is 0.333. The molecule has 0 amide bonds. The summed E-state index contributed by atoms with van der Waals surface area (Å²) in [5.74, 6) is 0.947. The summed E-state index contributed by atoms with van der Waals surface area (Å²) >= 11 is 0.